The largest absolute Gasteiger partial charge is 0.490 e. The molecule has 2 aromatic carbocycles. The van der Waals surface area contributed by atoms with E-state index in [1.807, 2.05) is 48.2 Å². The molecular weight excluding hydrogens is 404 g/mol. The lowest BCUT2D eigenvalue weighted by Gasteiger charge is -2.31. The number of halogens is 1. The maximum atomic E-state index is 13.1. The number of para-hydroxylation sites is 1. The van der Waals surface area contributed by atoms with Crippen LogP contribution in [0.2, 0.25) is 5.02 Å². The zero-order valence-corrected chi connectivity index (χ0v) is 17.7. The summed E-state index contributed by atoms with van der Waals surface area (Å²) in [6.45, 7) is 4.80. The second kappa shape index (κ2) is 9.49. The van der Waals surface area contributed by atoms with Gasteiger partial charge < -0.3 is 18.8 Å². The van der Waals surface area contributed by atoms with Crippen molar-refractivity contribution in [3.63, 3.8) is 0 Å². The molecule has 2 heterocycles. The van der Waals surface area contributed by atoms with Gasteiger partial charge in [-0.15, -0.1) is 0 Å². The van der Waals surface area contributed by atoms with Gasteiger partial charge in [0.25, 0.3) is 5.91 Å². The molecule has 1 aromatic heterocycles. The fourth-order valence-corrected chi connectivity index (χ4v) is 3.88. The fraction of sp³-hybridized carbons (Fsp3) is 0.391. The van der Waals surface area contributed by atoms with Gasteiger partial charge in [0, 0.05) is 30.6 Å². The zero-order valence-electron chi connectivity index (χ0n) is 17.0. The first-order valence-electron chi connectivity index (χ1n) is 10.3. The average Bonchev–Trinajstić information content (AvgIpc) is 3.20. The number of oxazole rings is 1. The van der Waals surface area contributed by atoms with Crippen molar-refractivity contribution in [2.24, 2.45) is 0 Å². The third-order valence-electron chi connectivity index (χ3n) is 5.30. The van der Waals surface area contributed by atoms with Crippen LogP contribution < -0.4 is 4.74 Å². The highest BCUT2D eigenvalue weighted by Crippen LogP contribution is 2.32. The third kappa shape index (κ3) is 4.60. The Bertz CT molecular complexity index is 1010. The van der Waals surface area contributed by atoms with Gasteiger partial charge in [-0.2, -0.15) is 0 Å². The molecule has 4 rings (SSSR count). The summed E-state index contributed by atoms with van der Waals surface area (Å²) in [6.07, 6.45) is 1.61. The van der Waals surface area contributed by atoms with Crippen LogP contribution in [0.15, 0.2) is 46.9 Å². The molecule has 0 saturated carbocycles. The summed E-state index contributed by atoms with van der Waals surface area (Å²) in [5, 5.41) is 0.643. The number of nitrogens with zero attached hydrogens (tertiary/aromatic N) is 2. The van der Waals surface area contributed by atoms with Gasteiger partial charge in [-0.3, -0.25) is 4.79 Å². The molecule has 0 radical (unpaired) electrons. The number of carbonyl (C=O) groups excluding carboxylic acids is 1. The van der Waals surface area contributed by atoms with Crippen molar-refractivity contribution in [2.45, 2.75) is 25.7 Å². The number of carbonyl (C=O) groups is 1. The van der Waals surface area contributed by atoms with Crippen molar-refractivity contribution >= 4 is 28.6 Å². The van der Waals surface area contributed by atoms with Crippen molar-refractivity contribution in [3.05, 3.63) is 58.9 Å². The van der Waals surface area contributed by atoms with Crippen molar-refractivity contribution < 1.29 is 18.7 Å². The number of piperidine rings is 1. The Labute approximate surface area is 180 Å². The van der Waals surface area contributed by atoms with Gasteiger partial charge in [-0.25, -0.2) is 4.98 Å². The minimum atomic E-state index is -0.00944. The fourth-order valence-electron chi connectivity index (χ4n) is 3.72. The first-order valence-corrected chi connectivity index (χ1v) is 10.7. The molecular formula is C23H25ClN2O4. The number of hydrogen-bond acceptors (Lipinski definition) is 5. The van der Waals surface area contributed by atoms with Crippen LogP contribution in [0.3, 0.4) is 0 Å². The Morgan fingerprint density at radius 2 is 2.00 bits per heavy atom. The Morgan fingerprint density at radius 3 is 2.80 bits per heavy atom. The molecule has 0 N–H and O–H groups in total. The second-order valence-electron chi connectivity index (χ2n) is 7.27. The van der Waals surface area contributed by atoms with Crippen molar-refractivity contribution in [1.29, 1.82) is 0 Å². The van der Waals surface area contributed by atoms with E-state index in [1.54, 1.807) is 6.07 Å². The highest BCUT2D eigenvalue weighted by atomic mass is 35.5. The minimum Gasteiger partial charge on any atom is -0.490 e. The van der Waals surface area contributed by atoms with Crippen LogP contribution in [0.1, 0.15) is 41.9 Å². The summed E-state index contributed by atoms with van der Waals surface area (Å²) in [7, 11) is 0. The Morgan fingerprint density at radius 1 is 1.20 bits per heavy atom. The van der Waals surface area contributed by atoms with Crippen LogP contribution in [0.5, 0.6) is 5.75 Å². The number of hydrogen-bond donors (Lipinski definition) is 0. The van der Waals surface area contributed by atoms with Gasteiger partial charge >= 0.3 is 0 Å². The van der Waals surface area contributed by atoms with Crippen molar-refractivity contribution in [2.75, 3.05) is 32.9 Å². The van der Waals surface area contributed by atoms with E-state index in [0.29, 0.717) is 49.2 Å². The van der Waals surface area contributed by atoms with E-state index in [9.17, 15) is 4.79 Å². The van der Waals surface area contributed by atoms with Crippen LogP contribution >= 0.6 is 11.6 Å². The van der Waals surface area contributed by atoms with Crippen LogP contribution in [-0.2, 0) is 4.74 Å². The van der Waals surface area contributed by atoms with Gasteiger partial charge in [-0.1, -0.05) is 23.7 Å². The number of likely N-dealkylation sites (tertiary alicyclic amines) is 1. The summed E-state index contributed by atoms with van der Waals surface area (Å²) in [5.74, 6) is 1.50. The van der Waals surface area contributed by atoms with Gasteiger partial charge in [-0.05, 0) is 50.1 Å². The molecule has 1 aliphatic heterocycles. The lowest BCUT2D eigenvalue weighted by atomic mass is 9.96. The van der Waals surface area contributed by atoms with E-state index in [-0.39, 0.29) is 11.8 Å². The lowest BCUT2D eigenvalue weighted by Crippen LogP contribution is -2.38. The molecule has 1 amide bonds. The smallest absolute Gasteiger partial charge is 0.257 e. The zero-order chi connectivity index (χ0) is 20.9. The first kappa shape index (κ1) is 20.7. The Hall–Kier alpha value is -2.57. The second-order valence-corrected chi connectivity index (χ2v) is 7.71. The van der Waals surface area contributed by atoms with Crippen LogP contribution in [0, 0.1) is 0 Å². The van der Waals surface area contributed by atoms with Gasteiger partial charge in [0.05, 0.1) is 12.2 Å². The topological polar surface area (TPSA) is 64.8 Å². The van der Waals surface area contributed by atoms with Crippen LogP contribution in [0.4, 0.5) is 0 Å². The number of amides is 1. The summed E-state index contributed by atoms with van der Waals surface area (Å²) in [4.78, 5) is 19.6. The normalized spacial score (nSPS) is 14.9. The minimum absolute atomic E-state index is 0.00944. The number of rotatable bonds is 7. The number of aromatic nitrogens is 1. The molecule has 0 atom stereocenters. The van der Waals surface area contributed by atoms with E-state index in [1.165, 1.54) is 0 Å². The number of ether oxygens (including phenoxy) is 2. The monoisotopic (exact) mass is 428 g/mol. The summed E-state index contributed by atoms with van der Waals surface area (Å²) >= 11 is 6.04. The molecule has 30 heavy (non-hydrogen) atoms. The first-order chi connectivity index (χ1) is 14.7. The molecule has 0 aliphatic carbocycles. The average molecular weight is 429 g/mol. The maximum absolute atomic E-state index is 13.1. The molecule has 1 aliphatic rings. The molecule has 7 heteroatoms. The molecule has 3 aromatic rings. The Kier molecular flexibility index (Phi) is 6.55. The lowest BCUT2D eigenvalue weighted by molar-refractivity contribution is 0.0697. The molecule has 6 nitrogen and oxygen atoms in total. The van der Waals surface area contributed by atoms with Crippen LogP contribution in [0.25, 0.3) is 11.1 Å². The van der Waals surface area contributed by atoms with Gasteiger partial charge in [0.1, 0.15) is 17.9 Å². The van der Waals surface area contributed by atoms with Gasteiger partial charge in [0.15, 0.2) is 11.5 Å². The van der Waals surface area contributed by atoms with Crippen LogP contribution in [-0.4, -0.2) is 48.7 Å². The quantitative estimate of drug-likeness (QED) is 0.500. The summed E-state index contributed by atoms with van der Waals surface area (Å²) < 4.78 is 17.0. The maximum Gasteiger partial charge on any atom is 0.257 e. The standard InChI is InChI=1S/C23H25ClN2O4/c1-2-28-13-14-29-20-6-4-3-5-18(20)23(27)26-11-9-16(10-12-26)22-25-19-15-17(24)7-8-21(19)30-22/h3-8,15-16H,2,9-14H2,1H3. The van der Waals surface area contributed by atoms with Crippen molar-refractivity contribution in [3.8, 4) is 5.75 Å². The molecule has 0 unspecified atom stereocenters. The van der Waals surface area contributed by atoms with E-state index in [0.717, 1.165) is 29.8 Å². The number of fused-ring (bicyclic) bond motifs is 1. The van der Waals surface area contributed by atoms with Crippen molar-refractivity contribution in [1.82, 2.24) is 9.88 Å². The Balaban J connectivity index is 1.39. The predicted octanol–water partition coefficient (Wildman–Crippen LogP) is 4.92. The van der Waals surface area contributed by atoms with E-state index >= 15 is 0 Å². The third-order valence-corrected chi connectivity index (χ3v) is 5.54. The predicted molar refractivity (Wildman–Crippen MR) is 115 cm³/mol. The molecule has 0 bridgehead atoms. The van der Waals surface area contributed by atoms with E-state index < -0.39 is 0 Å². The molecule has 1 saturated heterocycles. The molecule has 0 spiro atoms. The summed E-state index contributed by atoms with van der Waals surface area (Å²) in [5.41, 5.74) is 2.10. The van der Waals surface area contributed by atoms with E-state index in [4.69, 9.17) is 25.5 Å². The SMILES string of the molecule is CCOCCOc1ccccc1C(=O)N1CCC(c2nc3cc(Cl)ccc3o2)CC1. The number of benzene rings is 2. The van der Waals surface area contributed by atoms with Gasteiger partial charge in [0.2, 0.25) is 0 Å². The highest BCUT2D eigenvalue weighted by molar-refractivity contribution is 6.31. The molecule has 158 valence electrons. The molecule has 1 fully saturated rings. The summed E-state index contributed by atoms with van der Waals surface area (Å²) in [6, 6.07) is 12.8. The van der Waals surface area contributed by atoms with E-state index in [2.05, 4.69) is 4.98 Å². The highest BCUT2D eigenvalue weighted by Gasteiger charge is 2.28.